The summed E-state index contributed by atoms with van der Waals surface area (Å²) in [6.45, 7) is 3.83. The normalized spacial score (nSPS) is 27.8. The Morgan fingerprint density at radius 1 is 1.25 bits per heavy atom. The van der Waals surface area contributed by atoms with Crippen molar-refractivity contribution in [2.75, 3.05) is 7.11 Å². The van der Waals surface area contributed by atoms with Crippen LogP contribution in [0.2, 0.25) is 0 Å². The van der Waals surface area contributed by atoms with E-state index in [-0.39, 0.29) is 24.1 Å². The number of carbonyl (C=O) groups is 1. The highest BCUT2D eigenvalue weighted by atomic mass is 16.6. The maximum absolute atomic E-state index is 11.7. The largest absolute Gasteiger partial charge is 0.458 e. The molecule has 1 rings (SSSR count). The molecule has 1 aliphatic rings. The Bertz CT molecular complexity index is 230. The molecule has 2 N–H and O–H groups in total. The zero-order valence-electron chi connectivity index (χ0n) is 10.4. The van der Waals surface area contributed by atoms with E-state index in [9.17, 15) is 4.79 Å². The van der Waals surface area contributed by atoms with Crippen LogP contribution in [0.5, 0.6) is 0 Å². The first-order chi connectivity index (χ1) is 7.56. The van der Waals surface area contributed by atoms with Crippen LogP contribution in [0, 0.1) is 5.92 Å². The van der Waals surface area contributed by atoms with Crippen molar-refractivity contribution in [2.24, 2.45) is 11.7 Å². The maximum atomic E-state index is 11.7. The van der Waals surface area contributed by atoms with Crippen molar-refractivity contribution in [3.05, 3.63) is 0 Å². The topological polar surface area (TPSA) is 61.5 Å². The Labute approximate surface area is 97.5 Å². The lowest BCUT2D eigenvalue weighted by molar-refractivity contribution is -0.161. The highest BCUT2D eigenvalue weighted by molar-refractivity contribution is 5.76. The van der Waals surface area contributed by atoms with Crippen molar-refractivity contribution in [3.63, 3.8) is 0 Å². The van der Waals surface area contributed by atoms with Gasteiger partial charge < -0.3 is 15.2 Å². The van der Waals surface area contributed by atoms with Crippen LogP contribution in [-0.2, 0) is 14.3 Å². The number of methoxy groups -OCH3 is 1. The van der Waals surface area contributed by atoms with Crippen LogP contribution < -0.4 is 5.73 Å². The van der Waals surface area contributed by atoms with Gasteiger partial charge in [0.1, 0.15) is 12.1 Å². The molecule has 0 amide bonds. The molecule has 0 heterocycles. The minimum Gasteiger partial charge on any atom is -0.458 e. The van der Waals surface area contributed by atoms with E-state index in [0.29, 0.717) is 0 Å². The molecule has 0 aromatic carbocycles. The summed E-state index contributed by atoms with van der Waals surface area (Å²) >= 11 is 0. The Kier molecular flexibility index (Phi) is 5.22. The lowest BCUT2D eigenvalue weighted by atomic mass is 9.94. The van der Waals surface area contributed by atoms with Crippen molar-refractivity contribution in [3.8, 4) is 0 Å². The smallest absolute Gasteiger partial charge is 0.323 e. The molecule has 1 fully saturated rings. The maximum Gasteiger partial charge on any atom is 0.323 e. The van der Waals surface area contributed by atoms with Gasteiger partial charge in [0.15, 0.2) is 0 Å². The monoisotopic (exact) mass is 229 g/mol. The molecular weight excluding hydrogens is 206 g/mol. The first kappa shape index (κ1) is 13.5. The molecule has 0 spiro atoms. The fourth-order valence-electron chi connectivity index (χ4n) is 1.97. The number of hydrogen-bond acceptors (Lipinski definition) is 4. The molecule has 4 heteroatoms. The van der Waals surface area contributed by atoms with Crippen LogP contribution >= 0.6 is 0 Å². The number of ether oxygens (including phenoxy) is 2. The zero-order chi connectivity index (χ0) is 12.1. The summed E-state index contributed by atoms with van der Waals surface area (Å²) in [4.78, 5) is 11.7. The average molecular weight is 229 g/mol. The van der Waals surface area contributed by atoms with E-state index >= 15 is 0 Å². The summed E-state index contributed by atoms with van der Waals surface area (Å²) in [5.74, 6) is -0.193. The van der Waals surface area contributed by atoms with Crippen LogP contribution in [0.1, 0.15) is 39.5 Å². The predicted molar refractivity (Wildman–Crippen MR) is 62.0 cm³/mol. The van der Waals surface area contributed by atoms with Crippen molar-refractivity contribution in [2.45, 2.75) is 57.8 Å². The molecule has 1 saturated carbocycles. The van der Waals surface area contributed by atoms with Crippen LogP contribution in [0.4, 0.5) is 0 Å². The summed E-state index contributed by atoms with van der Waals surface area (Å²) < 4.78 is 10.8. The third kappa shape index (κ3) is 3.46. The predicted octanol–water partition coefficient (Wildman–Crippen LogP) is 1.47. The van der Waals surface area contributed by atoms with Crippen LogP contribution in [0.3, 0.4) is 0 Å². The van der Waals surface area contributed by atoms with E-state index in [0.717, 1.165) is 25.7 Å². The molecule has 0 aromatic heterocycles. The van der Waals surface area contributed by atoms with Gasteiger partial charge in [-0.2, -0.15) is 0 Å². The molecular formula is C12H23NO3. The van der Waals surface area contributed by atoms with E-state index in [4.69, 9.17) is 15.2 Å². The quantitative estimate of drug-likeness (QED) is 0.742. The van der Waals surface area contributed by atoms with Gasteiger partial charge in [0.25, 0.3) is 0 Å². The van der Waals surface area contributed by atoms with Gasteiger partial charge in [-0.1, -0.05) is 20.3 Å². The number of rotatable bonds is 4. The molecule has 0 unspecified atom stereocenters. The lowest BCUT2D eigenvalue weighted by Gasteiger charge is -2.31. The van der Waals surface area contributed by atoms with Crippen LogP contribution in [-0.4, -0.2) is 31.3 Å². The van der Waals surface area contributed by atoms with E-state index in [1.54, 1.807) is 7.11 Å². The van der Waals surface area contributed by atoms with Gasteiger partial charge in [-0.15, -0.1) is 0 Å². The molecule has 3 atom stereocenters. The Balaban J connectivity index is 2.48. The van der Waals surface area contributed by atoms with Crippen molar-refractivity contribution in [1.29, 1.82) is 0 Å². The first-order valence-electron chi connectivity index (χ1n) is 6.05. The fourth-order valence-corrected chi connectivity index (χ4v) is 1.97. The van der Waals surface area contributed by atoms with Crippen molar-refractivity contribution in [1.82, 2.24) is 0 Å². The lowest BCUT2D eigenvalue weighted by Crippen LogP contribution is -2.43. The molecule has 4 nitrogen and oxygen atoms in total. The minimum absolute atomic E-state index is 0.0389. The van der Waals surface area contributed by atoms with Gasteiger partial charge in [-0.05, 0) is 25.2 Å². The second kappa shape index (κ2) is 6.21. The molecule has 0 bridgehead atoms. The van der Waals surface area contributed by atoms with Crippen molar-refractivity contribution >= 4 is 5.97 Å². The van der Waals surface area contributed by atoms with Crippen LogP contribution in [0.15, 0.2) is 0 Å². The van der Waals surface area contributed by atoms with E-state index in [1.165, 1.54) is 0 Å². The van der Waals surface area contributed by atoms with E-state index < -0.39 is 6.04 Å². The van der Waals surface area contributed by atoms with Crippen LogP contribution in [0.25, 0.3) is 0 Å². The van der Waals surface area contributed by atoms with Gasteiger partial charge in [0, 0.05) is 7.11 Å². The Morgan fingerprint density at radius 3 is 2.31 bits per heavy atom. The van der Waals surface area contributed by atoms with Crippen molar-refractivity contribution < 1.29 is 14.3 Å². The summed E-state index contributed by atoms with van der Waals surface area (Å²) in [6, 6.07) is -0.528. The molecule has 0 radical (unpaired) electrons. The molecule has 0 aliphatic heterocycles. The number of hydrogen-bond donors (Lipinski definition) is 1. The Hall–Kier alpha value is -0.610. The number of carbonyl (C=O) groups excluding carboxylic acids is 1. The fraction of sp³-hybridized carbons (Fsp3) is 0.917. The van der Waals surface area contributed by atoms with Gasteiger partial charge in [0.05, 0.1) is 6.10 Å². The van der Waals surface area contributed by atoms with Gasteiger partial charge in [-0.3, -0.25) is 4.79 Å². The SMILES string of the molecule is CO[C@H]1CCCC[C@@H]1OC(=O)[C@@H](N)C(C)C. The number of esters is 1. The summed E-state index contributed by atoms with van der Waals surface area (Å²) in [7, 11) is 1.67. The summed E-state index contributed by atoms with van der Waals surface area (Å²) in [5.41, 5.74) is 5.75. The van der Waals surface area contributed by atoms with Gasteiger partial charge in [0.2, 0.25) is 0 Å². The minimum atomic E-state index is -0.528. The van der Waals surface area contributed by atoms with Gasteiger partial charge in [-0.25, -0.2) is 0 Å². The third-order valence-corrected chi connectivity index (χ3v) is 3.20. The highest BCUT2D eigenvalue weighted by Crippen LogP contribution is 2.23. The van der Waals surface area contributed by atoms with E-state index in [2.05, 4.69) is 0 Å². The second-order valence-corrected chi connectivity index (χ2v) is 4.80. The summed E-state index contributed by atoms with van der Waals surface area (Å²) in [5, 5.41) is 0. The standard InChI is InChI=1S/C12H23NO3/c1-8(2)11(13)12(14)16-10-7-5-4-6-9(10)15-3/h8-11H,4-7,13H2,1-3H3/t9-,10-,11-/m0/s1. The molecule has 1 aliphatic carbocycles. The highest BCUT2D eigenvalue weighted by Gasteiger charge is 2.30. The Morgan fingerprint density at radius 2 is 1.81 bits per heavy atom. The molecule has 94 valence electrons. The zero-order valence-corrected chi connectivity index (χ0v) is 10.4. The first-order valence-corrected chi connectivity index (χ1v) is 6.05. The molecule has 16 heavy (non-hydrogen) atoms. The average Bonchev–Trinajstić information content (AvgIpc) is 2.28. The summed E-state index contributed by atoms with van der Waals surface area (Å²) in [6.07, 6.45) is 4.01. The molecule has 0 aromatic rings. The second-order valence-electron chi connectivity index (χ2n) is 4.80. The number of nitrogens with two attached hydrogens (primary N) is 1. The molecule has 0 saturated heterocycles. The van der Waals surface area contributed by atoms with Gasteiger partial charge >= 0.3 is 5.97 Å². The van der Waals surface area contributed by atoms with E-state index in [1.807, 2.05) is 13.8 Å². The third-order valence-electron chi connectivity index (χ3n) is 3.20.